The van der Waals surface area contributed by atoms with E-state index in [4.69, 9.17) is 18.5 Å². The van der Waals surface area contributed by atoms with Crippen LogP contribution in [0.15, 0.2) is 24.3 Å². The highest BCUT2D eigenvalue weighted by Crippen LogP contribution is 2.47. The third-order valence-electron chi connectivity index (χ3n) is 11.6. The minimum Gasteiger partial charge on any atom is -0.457 e. The van der Waals surface area contributed by atoms with Gasteiger partial charge < -0.3 is 39.9 Å². The number of phosphoric ester groups is 1. The third kappa shape index (κ3) is 31.4. The van der Waals surface area contributed by atoms with Crippen LogP contribution in [0.5, 0.6) is 0 Å². The lowest BCUT2D eigenvalue weighted by molar-refractivity contribution is -0.220. The van der Waals surface area contributed by atoms with Crippen LogP contribution >= 0.6 is 7.82 Å². The Labute approximate surface area is 370 Å². The second kappa shape index (κ2) is 39.2. The average Bonchev–Trinajstić information content (AvgIpc) is 3.24. The number of phosphoric acid groups is 1. The SMILES string of the molecule is CCCCCCC/C=C\C/C=C\CCCCCCCCCCCCOCC(COP(=O)(O)OC1C(O)C(O)C(O)C(O)C1O)OC(=O)CCCCCCCCCCCCCC. The van der Waals surface area contributed by atoms with E-state index >= 15 is 0 Å². The molecular formula is C48H91O12P. The molecule has 0 bridgehead atoms. The van der Waals surface area contributed by atoms with Crippen molar-refractivity contribution in [2.75, 3.05) is 19.8 Å². The first-order valence-electron chi connectivity index (χ1n) is 24.7. The highest BCUT2D eigenvalue weighted by Gasteiger charge is 2.51. The molecule has 1 saturated carbocycles. The van der Waals surface area contributed by atoms with Crippen LogP contribution in [0.4, 0.5) is 0 Å². The fourth-order valence-corrected chi connectivity index (χ4v) is 8.59. The first kappa shape index (κ1) is 57.8. The molecular weight excluding hydrogens is 799 g/mol. The highest BCUT2D eigenvalue weighted by molar-refractivity contribution is 7.47. The van der Waals surface area contributed by atoms with Crippen molar-refractivity contribution >= 4 is 13.8 Å². The molecule has 61 heavy (non-hydrogen) atoms. The Hall–Kier alpha value is -1.18. The summed E-state index contributed by atoms with van der Waals surface area (Å²) in [5.74, 6) is -0.477. The van der Waals surface area contributed by atoms with Crippen molar-refractivity contribution < 1.29 is 58.3 Å². The Morgan fingerprint density at radius 2 is 0.918 bits per heavy atom. The van der Waals surface area contributed by atoms with Gasteiger partial charge >= 0.3 is 13.8 Å². The smallest absolute Gasteiger partial charge is 0.457 e. The molecule has 12 nitrogen and oxygen atoms in total. The molecule has 0 aliphatic heterocycles. The third-order valence-corrected chi connectivity index (χ3v) is 12.6. The van der Waals surface area contributed by atoms with Crippen LogP contribution in [0.1, 0.15) is 213 Å². The van der Waals surface area contributed by atoms with Crippen molar-refractivity contribution in [2.24, 2.45) is 0 Å². The molecule has 1 aliphatic carbocycles. The van der Waals surface area contributed by atoms with Crippen molar-refractivity contribution in [3.8, 4) is 0 Å². The van der Waals surface area contributed by atoms with Crippen LogP contribution < -0.4 is 0 Å². The number of aliphatic hydroxyl groups excluding tert-OH is 5. The monoisotopic (exact) mass is 891 g/mol. The summed E-state index contributed by atoms with van der Waals surface area (Å²) in [4.78, 5) is 23.1. The van der Waals surface area contributed by atoms with Crippen molar-refractivity contribution in [3.05, 3.63) is 24.3 Å². The van der Waals surface area contributed by atoms with Crippen molar-refractivity contribution in [2.45, 2.75) is 256 Å². The number of hydrogen-bond donors (Lipinski definition) is 6. The predicted molar refractivity (Wildman–Crippen MR) is 244 cm³/mol. The summed E-state index contributed by atoms with van der Waals surface area (Å²) in [6.45, 7) is 4.25. The van der Waals surface area contributed by atoms with Crippen molar-refractivity contribution in [1.29, 1.82) is 0 Å². The van der Waals surface area contributed by atoms with Gasteiger partial charge in [-0.3, -0.25) is 13.8 Å². The van der Waals surface area contributed by atoms with Gasteiger partial charge in [-0.15, -0.1) is 0 Å². The molecule has 6 atom stereocenters. The normalized spacial score (nSPS) is 22.3. The molecule has 13 heteroatoms. The van der Waals surface area contributed by atoms with E-state index in [1.807, 2.05) is 0 Å². The topological polar surface area (TPSA) is 192 Å². The molecule has 0 aromatic carbocycles. The maximum absolute atomic E-state index is 12.8. The molecule has 0 aromatic heterocycles. The molecule has 0 aromatic rings. The Balaban J connectivity index is 2.32. The quantitative estimate of drug-likeness (QED) is 0.0147. The summed E-state index contributed by atoms with van der Waals surface area (Å²) in [6, 6.07) is 0. The second-order valence-corrected chi connectivity index (χ2v) is 18.7. The first-order chi connectivity index (χ1) is 29.5. The Morgan fingerprint density at radius 3 is 1.38 bits per heavy atom. The van der Waals surface area contributed by atoms with Crippen LogP contribution in [0.25, 0.3) is 0 Å². The fourth-order valence-electron chi connectivity index (χ4n) is 7.62. The summed E-state index contributed by atoms with van der Waals surface area (Å²) >= 11 is 0. The van der Waals surface area contributed by atoms with E-state index in [9.17, 15) is 39.8 Å². The van der Waals surface area contributed by atoms with Gasteiger partial charge in [-0.2, -0.15) is 0 Å². The molecule has 6 N–H and O–H groups in total. The second-order valence-electron chi connectivity index (χ2n) is 17.3. The van der Waals surface area contributed by atoms with Crippen LogP contribution in [0, 0.1) is 0 Å². The van der Waals surface area contributed by atoms with Gasteiger partial charge in [-0.25, -0.2) is 4.57 Å². The first-order valence-corrected chi connectivity index (χ1v) is 26.2. The molecule has 0 amide bonds. The van der Waals surface area contributed by atoms with Crippen LogP contribution in [-0.2, 0) is 27.9 Å². The zero-order valence-corrected chi connectivity index (χ0v) is 39.4. The van der Waals surface area contributed by atoms with Gasteiger partial charge in [0, 0.05) is 13.0 Å². The lowest BCUT2D eigenvalue weighted by Gasteiger charge is -2.41. The highest BCUT2D eigenvalue weighted by atomic mass is 31.2. The molecule has 1 fully saturated rings. The summed E-state index contributed by atoms with van der Waals surface area (Å²) < 4.78 is 34.2. The lowest BCUT2D eigenvalue weighted by Crippen LogP contribution is -2.64. The number of unbranched alkanes of at least 4 members (excludes halogenated alkanes) is 26. The average molecular weight is 891 g/mol. The summed E-state index contributed by atoms with van der Waals surface area (Å²) in [5, 5.41) is 50.2. The van der Waals surface area contributed by atoms with E-state index in [0.29, 0.717) is 13.0 Å². The summed E-state index contributed by atoms with van der Waals surface area (Å²) in [6.07, 6.45) is 32.5. The number of carbonyl (C=O) groups is 1. The maximum atomic E-state index is 12.8. The Morgan fingerprint density at radius 1 is 0.525 bits per heavy atom. The number of ether oxygens (including phenoxy) is 2. The van der Waals surface area contributed by atoms with Gasteiger partial charge in [-0.05, 0) is 44.9 Å². The number of aliphatic hydroxyl groups is 5. The number of hydrogen-bond acceptors (Lipinski definition) is 11. The molecule has 0 spiro atoms. The predicted octanol–water partition coefficient (Wildman–Crippen LogP) is 10.5. The molecule has 0 radical (unpaired) electrons. The lowest BCUT2D eigenvalue weighted by atomic mass is 9.85. The minimum absolute atomic E-state index is 0.0748. The number of rotatable bonds is 42. The number of allylic oxidation sites excluding steroid dienone is 4. The Kier molecular flexibility index (Phi) is 37.2. The van der Waals surface area contributed by atoms with Crippen molar-refractivity contribution in [3.63, 3.8) is 0 Å². The largest absolute Gasteiger partial charge is 0.472 e. The van der Waals surface area contributed by atoms with Crippen LogP contribution in [-0.4, -0.2) is 98.9 Å². The minimum atomic E-state index is -5.01. The van der Waals surface area contributed by atoms with E-state index < -0.39 is 63.1 Å². The van der Waals surface area contributed by atoms with Gasteiger partial charge in [-0.1, -0.05) is 186 Å². The van der Waals surface area contributed by atoms with E-state index in [0.717, 1.165) is 44.9 Å². The number of carbonyl (C=O) groups excluding carboxylic acids is 1. The molecule has 0 heterocycles. The molecule has 1 aliphatic rings. The van der Waals surface area contributed by atoms with Crippen molar-refractivity contribution in [1.82, 2.24) is 0 Å². The Bertz CT molecular complexity index is 1110. The zero-order chi connectivity index (χ0) is 44.8. The maximum Gasteiger partial charge on any atom is 0.472 e. The molecule has 0 saturated heterocycles. The van der Waals surface area contributed by atoms with Gasteiger partial charge in [0.1, 0.15) is 42.7 Å². The van der Waals surface area contributed by atoms with E-state index in [1.54, 1.807) is 0 Å². The van der Waals surface area contributed by atoms with Gasteiger partial charge in [0.25, 0.3) is 0 Å². The fraction of sp³-hybridized carbons (Fsp3) is 0.896. The molecule has 6 unspecified atom stereocenters. The van der Waals surface area contributed by atoms with Crippen LogP contribution in [0.2, 0.25) is 0 Å². The molecule has 360 valence electrons. The van der Waals surface area contributed by atoms with Gasteiger partial charge in [0.05, 0.1) is 13.2 Å². The molecule has 1 rings (SSSR count). The number of esters is 1. The zero-order valence-electron chi connectivity index (χ0n) is 38.5. The standard InChI is InChI=1S/C48H91O12P/c1-3-5-7-9-11-13-15-17-18-19-20-21-22-23-24-25-26-28-30-32-34-36-38-57-39-41(59-42(49)37-35-33-31-29-27-16-14-12-10-8-6-4-2)40-58-61(55,56)60-48-46(53)44(51)43(50)45(52)47(48)54/h15,17,19-20,41,43-48,50-54H,3-14,16,18,21-40H2,1-2H3,(H,55,56)/b17-15-,20-19-. The van der Waals surface area contributed by atoms with Gasteiger partial charge in [0.15, 0.2) is 0 Å². The van der Waals surface area contributed by atoms with Crippen LogP contribution in [0.3, 0.4) is 0 Å². The summed E-state index contributed by atoms with van der Waals surface area (Å²) in [7, 11) is -5.01. The van der Waals surface area contributed by atoms with E-state index in [2.05, 4.69) is 38.2 Å². The van der Waals surface area contributed by atoms with E-state index in [-0.39, 0.29) is 13.0 Å². The van der Waals surface area contributed by atoms with Gasteiger partial charge in [0.2, 0.25) is 0 Å². The van der Waals surface area contributed by atoms with E-state index in [1.165, 1.54) is 141 Å². The summed E-state index contributed by atoms with van der Waals surface area (Å²) in [5.41, 5.74) is 0.